The van der Waals surface area contributed by atoms with Gasteiger partial charge in [0.1, 0.15) is 0 Å². The summed E-state index contributed by atoms with van der Waals surface area (Å²) in [6, 6.07) is 0.450. The van der Waals surface area contributed by atoms with Gasteiger partial charge < -0.3 is 5.11 Å². The summed E-state index contributed by atoms with van der Waals surface area (Å²) in [6.07, 6.45) is 11.4. The molecule has 0 amide bonds. The molecule has 3 atom stereocenters. The molecule has 0 bridgehead atoms. The molecule has 0 radical (unpaired) electrons. The zero-order chi connectivity index (χ0) is 13.7. The van der Waals surface area contributed by atoms with Crippen LogP contribution < -0.4 is 0 Å². The normalized spacial score (nSPS) is 35.7. The molecule has 1 N–H and O–H groups in total. The van der Waals surface area contributed by atoms with Gasteiger partial charge in [-0.25, -0.2) is 0 Å². The zero-order valence-electron chi connectivity index (χ0n) is 13.0. The quantitative estimate of drug-likeness (QED) is 0.822. The molecule has 2 heteroatoms. The summed E-state index contributed by atoms with van der Waals surface area (Å²) in [7, 11) is 0. The number of aliphatic hydroxyl groups excluding tert-OH is 1. The molecule has 0 spiro atoms. The van der Waals surface area contributed by atoms with Crippen LogP contribution in [0, 0.1) is 11.8 Å². The molecule has 0 aromatic heterocycles. The average Bonchev–Trinajstić information content (AvgIpc) is 2.60. The van der Waals surface area contributed by atoms with Gasteiger partial charge in [0.05, 0.1) is 6.10 Å². The van der Waals surface area contributed by atoms with E-state index in [1.54, 1.807) is 0 Å². The van der Waals surface area contributed by atoms with Crippen molar-refractivity contribution in [2.75, 3.05) is 13.1 Å². The monoisotopic (exact) mass is 267 g/mol. The molecule has 1 saturated heterocycles. The largest absolute Gasteiger partial charge is 0.391 e. The average molecular weight is 267 g/mol. The van der Waals surface area contributed by atoms with Crippen LogP contribution in [0.4, 0.5) is 0 Å². The molecule has 2 fully saturated rings. The number of hydrogen-bond donors (Lipinski definition) is 1. The van der Waals surface area contributed by atoms with Gasteiger partial charge in [0.2, 0.25) is 0 Å². The van der Waals surface area contributed by atoms with E-state index in [0.717, 1.165) is 18.3 Å². The van der Waals surface area contributed by atoms with Crippen LogP contribution in [0.5, 0.6) is 0 Å². The molecule has 1 aliphatic carbocycles. The second-order valence-electron chi connectivity index (χ2n) is 7.10. The molecule has 0 aromatic rings. The van der Waals surface area contributed by atoms with Crippen LogP contribution in [0.1, 0.15) is 71.6 Å². The first-order chi connectivity index (χ1) is 9.18. The third-order valence-electron chi connectivity index (χ3n) is 5.41. The number of hydrogen-bond acceptors (Lipinski definition) is 2. The Morgan fingerprint density at radius 1 is 0.842 bits per heavy atom. The van der Waals surface area contributed by atoms with E-state index < -0.39 is 0 Å². The highest BCUT2D eigenvalue weighted by Crippen LogP contribution is 2.28. The lowest BCUT2D eigenvalue weighted by Gasteiger charge is -2.35. The van der Waals surface area contributed by atoms with E-state index in [0.29, 0.717) is 6.04 Å². The highest BCUT2D eigenvalue weighted by atomic mass is 16.3. The minimum absolute atomic E-state index is 0.0732. The van der Waals surface area contributed by atoms with Crippen molar-refractivity contribution in [2.24, 2.45) is 11.8 Å². The van der Waals surface area contributed by atoms with Crippen LogP contribution in [0.3, 0.4) is 0 Å². The molecular weight excluding hydrogens is 234 g/mol. The Labute approximate surface area is 119 Å². The maximum absolute atomic E-state index is 10.5. The standard InChI is InChI=1S/C17H33NO/c1-14(2)15-8-7-12-18(13-11-15)16-9-5-3-4-6-10-17(16)19/h14-17,19H,3-13H2,1-2H3. The highest BCUT2D eigenvalue weighted by Gasteiger charge is 2.29. The number of nitrogens with zero attached hydrogens (tertiary/aromatic N) is 1. The van der Waals surface area contributed by atoms with Gasteiger partial charge in [0.15, 0.2) is 0 Å². The topological polar surface area (TPSA) is 23.5 Å². The Bertz CT molecular complexity index is 254. The lowest BCUT2D eigenvalue weighted by atomic mass is 9.89. The van der Waals surface area contributed by atoms with E-state index in [1.165, 1.54) is 64.5 Å². The lowest BCUT2D eigenvalue weighted by Crippen LogP contribution is -2.44. The second-order valence-corrected chi connectivity index (χ2v) is 7.10. The second kappa shape index (κ2) is 7.64. The van der Waals surface area contributed by atoms with Crippen molar-refractivity contribution in [3.8, 4) is 0 Å². The molecule has 2 nitrogen and oxygen atoms in total. The van der Waals surface area contributed by atoms with Crippen molar-refractivity contribution < 1.29 is 5.11 Å². The fourth-order valence-corrected chi connectivity index (χ4v) is 4.01. The van der Waals surface area contributed by atoms with Gasteiger partial charge in [-0.1, -0.05) is 39.5 Å². The summed E-state index contributed by atoms with van der Waals surface area (Å²) in [5.41, 5.74) is 0. The van der Waals surface area contributed by atoms with E-state index in [9.17, 15) is 5.11 Å². The summed E-state index contributed by atoms with van der Waals surface area (Å²) >= 11 is 0. The first-order valence-electron chi connectivity index (χ1n) is 8.60. The number of rotatable bonds is 2. The molecular formula is C17H33NO. The van der Waals surface area contributed by atoms with Crippen molar-refractivity contribution in [2.45, 2.75) is 83.8 Å². The van der Waals surface area contributed by atoms with E-state index in [2.05, 4.69) is 18.7 Å². The SMILES string of the molecule is CC(C)C1CCCN(C2CCCCCCC2O)CC1. The van der Waals surface area contributed by atoms with Crippen LogP contribution in [-0.4, -0.2) is 35.2 Å². The Morgan fingerprint density at radius 3 is 2.32 bits per heavy atom. The molecule has 1 saturated carbocycles. The fourth-order valence-electron chi connectivity index (χ4n) is 4.01. The first-order valence-corrected chi connectivity index (χ1v) is 8.60. The molecule has 19 heavy (non-hydrogen) atoms. The third kappa shape index (κ3) is 4.46. The fraction of sp³-hybridized carbons (Fsp3) is 1.00. The van der Waals surface area contributed by atoms with Crippen molar-refractivity contribution in [1.82, 2.24) is 4.90 Å². The van der Waals surface area contributed by atoms with Crippen LogP contribution in [-0.2, 0) is 0 Å². The number of likely N-dealkylation sites (tertiary alicyclic amines) is 1. The van der Waals surface area contributed by atoms with E-state index >= 15 is 0 Å². The summed E-state index contributed by atoms with van der Waals surface area (Å²) in [6.45, 7) is 7.16. The van der Waals surface area contributed by atoms with Crippen molar-refractivity contribution in [3.63, 3.8) is 0 Å². The van der Waals surface area contributed by atoms with Gasteiger partial charge in [0.25, 0.3) is 0 Å². The summed E-state index contributed by atoms with van der Waals surface area (Å²) in [4.78, 5) is 2.62. The van der Waals surface area contributed by atoms with Gasteiger partial charge in [0, 0.05) is 6.04 Å². The Balaban J connectivity index is 1.91. The smallest absolute Gasteiger partial charge is 0.0695 e. The van der Waals surface area contributed by atoms with E-state index in [-0.39, 0.29) is 6.10 Å². The van der Waals surface area contributed by atoms with E-state index in [1.807, 2.05) is 0 Å². The van der Waals surface area contributed by atoms with Crippen molar-refractivity contribution in [1.29, 1.82) is 0 Å². The molecule has 0 aromatic carbocycles. The van der Waals surface area contributed by atoms with Crippen LogP contribution in [0.15, 0.2) is 0 Å². The maximum atomic E-state index is 10.5. The minimum Gasteiger partial charge on any atom is -0.391 e. The minimum atomic E-state index is -0.0732. The van der Waals surface area contributed by atoms with Crippen LogP contribution in [0.2, 0.25) is 0 Å². The molecule has 1 heterocycles. The van der Waals surface area contributed by atoms with Crippen LogP contribution >= 0.6 is 0 Å². The van der Waals surface area contributed by atoms with Gasteiger partial charge in [-0.15, -0.1) is 0 Å². The third-order valence-corrected chi connectivity index (χ3v) is 5.41. The Kier molecular flexibility index (Phi) is 6.15. The summed E-state index contributed by atoms with van der Waals surface area (Å²) < 4.78 is 0. The number of aliphatic hydroxyl groups is 1. The van der Waals surface area contributed by atoms with Crippen molar-refractivity contribution in [3.05, 3.63) is 0 Å². The molecule has 2 aliphatic rings. The Hall–Kier alpha value is -0.0800. The zero-order valence-corrected chi connectivity index (χ0v) is 13.0. The molecule has 2 rings (SSSR count). The predicted molar refractivity (Wildman–Crippen MR) is 81.2 cm³/mol. The maximum Gasteiger partial charge on any atom is 0.0695 e. The van der Waals surface area contributed by atoms with Crippen LogP contribution in [0.25, 0.3) is 0 Å². The molecule has 112 valence electrons. The summed E-state index contributed by atoms with van der Waals surface area (Å²) in [5, 5.41) is 10.5. The predicted octanol–water partition coefficient (Wildman–Crippen LogP) is 3.83. The molecule has 1 aliphatic heterocycles. The van der Waals surface area contributed by atoms with Gasteiger partial charge in [-0.3, -0.25) is 4.90 Å². The van der Waals surface area contributed by atoms with E-state index in [4.69, 9.17) is 0 Å². The van der Waals surface area contributed by atoms with Gasteiger partial charge in [-0.05, 0) is 57.0 Å². The van der Waals surface area contributed by atoms with Gasteiger partial charge in [-0.2, -0.15) is 0 Å². The first kappa shape index (κ1) is 15.3. The lowest BCUT2D eigenvalue weighted by molar-refractivity contribution is 0.0320. The molecule has 3 unspecified atom stereocenters. The summed E-state index contributed by atoms with van der Waals surface area (Å²) in [5.74, 6) is 1.72. The van der Waals surface area contributed by atoms with Crippen molar-refractivity contribution >= 4 is 0 Å². The Morgan fingerprint density at radius 2 is 1.58 bits per heavy atom. The van der Waals surface area contributed by atoms with Gasteiger partial charge >= 0.3 is 0 Å². The highest BCUT2D eigenvalue weighted by molar-refractivity contribution is 4.83.